The summed E-state index contributed by atoms with van der Waals surface area (Å²) in [4.78, 5) is 14.4. The molecule has 2 atom stereocenters. The first-order valence-corrected chi connectivity index (χ1v) is 7.36. The molecule has 0 bridgehead atoms. The van der Waals surface area contributed by atoms with E-state index in [1.807, 2.05) is 11.0 Å². The van der Waals surface area contributed by atoms with Crippen molar-refractivity contribution < 1.29 is 13.9 Å². The number of hydrogen-bond donors (Lipinski definition) is 1. The quantitative estimate of drug-likeness (QED) is 0.894. The summed E-state index contributed by atoms with van der Waals surface area (Å²) in [5, 5.41) is 12.0. The summed E-state index contributed by atoms with van der Waals surface area (Å²) in [6.07, 6.45) is 0.644. The first-order valence-electron chi connectivity index (χ1n) is 7.36. The van der Waals surface area contributed by atoms with Crippen LogP contribution in [-0.2, 0) is 9.53 Å². The number of nitrogens with one attached hydrogen (secondary N) is 1. The zero-order valence-corrected chi connectivity index (χ0v) is 12.4. The fourth-order valence-electron chi connectivity index (χ4n) is 3.64. The monoisotopic (exact) mass is 303 g/mol. The fourth-order valence-corrected chi connectivity index (χ4v) is 3.64. The summed E-state index contributed by atoms with van der Waals surface area (Å²) >= 11 is 0. The number of carbonyl (C=O) groups is 1. The van der Waals surface area contributed by atoms with Gasteiger partial charge in [-0.15, -0.1) is 0 Å². The number of amides is 1. The molecule has 1 N–H and O–H groups in total. The van der Waals surface area contributed by atoms with Crippen LogP contribution in [0.15, 0.2) is 18.2 Å². The Morgan fingerprint density at radius 2 is 2.41 bits per heavy atom. The van der Waals surface area contributed by atoms with E-state index < -0.39 is 11.2 Å². The molecule has 1 aromatic carbocycles. The number of benzene rings is 1. The predicted octanol–water partition coefficient (Wildman–Crippen LogP) is 1.29. The SMILES string of the molecule is CNC(=O)[C@]12CCOC[C@H]1CN(c1cccc(F)c1C#N)C2. The second-order valence-corrected chi connectivity index (χ2v) is 5.88. The first-order chi connectivity index (χ1) is 10.6. The van der Waals surface area contributed by atoms with Crippen molar-refractivity contribution in [2.45, 2.75) is 6.42 Å². The Hall–Kier alpha value is -2.13. The minimum atomic E-state index is -0.528. The van der Waals surface area contributed by atoms with Gasteiger partial charge in [0, 0.05) is 32.7 Å². The normalized spacial score (nSPS) is 27.1. The zero-order chi connectivity index (χ0) is 15.7. The molecule has 1 amide bonds. The van der Waals surface area contributed by atoms with Gasteiger partial charge in [0.25, 0.3) is 0 Å². The minimum absolute atomic E-state index is 0.00166. The molecule has 1 aromatic rings. The van der Waals surface area contributed by atoms with Crippen LogP contribution >= 0.6 is 0 Å². The molecule has 0 radical (unpaired) electrons. The molecule has 0 saturated carbocycles. The van der Waals surface area contributed by atoms with Gasteiger partial charge in [0.05, 0.1) is 17.7 Å². The summed E-state index contributed by atoms with van der Waals surface area (Å²) in [7, 11) is 1.63. The van der Waals surface area contributed by atoms with Crippen LogP contribution in [0.2, 0.25) is 0 Å². The van der Waals surface area contributed by atoms with Crippen molar-refractivity contribution >= 4 is 11.6 Å². The fraction of sp³-hybridized carbons (Fsp3) is 0.500. The molecule has 2 aliphatic rings. The van der Waals surface area contributed by atoms with Crippen LogP contribution in [0.5, 0.6) is 0 Å². The lowest BCUT2D eigenvalue weighted by Gasteiger charge is -2.36. The third-order valence-corrected chi connectivity index (χ3v) is 4.83. The van der Waals surface area contributed by atoms with E-state index in [1.165, 1.54) is 6.07 Å². The van der Waals surface area contributed by atoms with Crippen LogP contribution in [0, 0.1) is 28.5 Å². The molecule has 5 nitrogen and oxygen atoms in total. The Balaban J connectivity index is 1.98. The largest absolute Gasteiger partial charge is 0.381 e. The maximum absolute atomic E-state index is 13.8. The molecule has 0 aromatic heterocycles. The maximum atomic E-state index is 13.8. The number of rotatable bonds is 2. The van der Waals surface area contributed by atoms with Gasteiger partial charge in [0.1, 0.15) is 17.4 Å². The predicted molar refractivity (Wildman–Crippen MR) is 78.8 cm³/mol. The highest BCUT2D eigenvalue weighted by Crippen LogP contribution is 2.44. The van der Waals surface area contributed by atoms with Gasteiger partial charge in [-0.05, 0) is 18.6 Å². The van der Waals surface area contributed by atoms with Gasteiger partial charge >= 0.3 is 0 Å². The molecule has 2 saturated heterocycles. The van der Waals surface area contributed by atoms with E-state index in [0.717, 1.165) is 0 Å². The van der Waals surface area contributed by atoms with Crippen LogP contribution in [-0.4, -0.2) is 39.3 Å². The van der Waals surface area contributed by atoms with Crippen molar-refractivity contribution in [3.05, 3.63) is 29.6 Å². The van der Waals surface area contributed by atoms with Gasteiger partial charge < -0.3 is 15.0 Å². The molecular weight excluding hydrogens is 285 g/mol. The number of carbonyl (C=O) groups excluding carboxylic acids is 1. The summed E-state index contributed by atoms with van der Waals surface area (Å²) < 4.78 is 19.4. The number of anilines is 1. The number of fused-ring (bicyclic) bond motifs is 1. The third kappa shape index (κ3) is 2.13. The van der Waals surface area contributed by atoms with Crippen LogP contribution in [0.4, 0.5) is 10.1 Å². The van der Waals surface area contributed by atoms with Crippen LogP contribution in [0.3, 0.4) is 0 Å². The van der Waals surface area contributed by atoms with Gasteiger partial charge in [-0.1, -0.05) is 6.07 Å². The highest BCUT2D eigenvalue weighted by Gasteiger charge is 2.53. The topological polar surface area (TPSA) is 65.4 Å². The average Bonchev–Trinajstić information content (AvgIpc) is 2.94. The molecule has 2 fully saturated rings. The Bertz CT molecular complexity index is 643. The Morgan fingerprint density at radius 1 is 1.59 bits per heavy atom. The third-order valence-electron chi connectivity index (χ3n) is 4.83. The summed E-state index contributed by atoms with van der Waals surface area (Å²) in [5.41, 5.74) is 0.0702. The lowest BCUT2D eigenvalue weighted by Crippen LogP contribution is -2.49. The van der Waals surface area contributed by atoms with E-state index in [-0.39, 0.29) is 17.4 Å². The average molecular weight is 303 g/mol. The van der Waals surface area contributed by atoms with E-state index in [4.69, 9.17) is 4.74 Å². The second kappa shape index (κ2) is 5.58. The molecule has 0 unspecified atom stereocenters. The summed E-state index contributed by atoms with van der Waals surface area (Å²) in [6.45, 7) is 2.14. The van der Waals surface area contributed by atoms with Crippen LogP contribution < -0.4 is 10.2 Å². The van der Waals surface area contributed by atoms with Gasteiger partial charge in [-0.3, -0.25) is 4.79 Å². The highest BCUT2D eigenvalue weighted by molar-refractivity contribution is 5.85. The summed E-state index contributed by atoms with van der Waals surface area (Å²) in [5.74, 6) is -0.477. The van der Waals surface area contributed by atoms with Crippen molar-refractivity contribution in [1.82, 2.24) is 5.32 Å². The van der Waals surface area contributed by atoms with Crippen LogP contribution in [0.1, 0.15) is 12.0 Å². The lowest BCUT2D eigenvalue weighted by molar-refractivity contribution is -0.138. The van der Waals surface area contributed by atoms with E-state index in [1.54, 1.807) is 19.2 Å². The van der Waals surface area contributed by atoms with Crippen LogP contribution in [0.25, 0.3) is 0 Å². The van der Waals surface area contributed by atoms with Gasteiger partial charge in [-0.2, -0.15) is 5.26 Å². The van der Waals surface area contributed by atoms with Gasteiger partial charge in [0.2, 0.25) is 5.91 Å². The molecule has 3 rings (SSSR count). The molecule has 22 heavy (non-hydrogen) atoms. The molecule has 2 heterocycles. The van der Waals surface area contributed by atoms with E-state index >= 15 is 0 Å². The Labute approximate surface area is 128 Å². The maximum Gasteiger partial charge on any atom is 0.228 e. The number of halogens is 1. The second-order valence-electron chi connectivity index (χ2n) is 5.88. The lowest BCUT2D eigenvalue weighted by atomic mass is 9.73. The first kappa shape index (κ1) is 14.8. The van der Waals surface area contributed by atoms with Crippen molar-refractivity contribution in [2.75, 3.05) is 38.3 Å². The van der Waals surface area contributed by atoms with Crippen molar-refractivity contribution in [3.8, 4) is 6.07 Å². The molecule has 2 aliphatic heterocycles. The van der Waals surface area contributed by atoms with Gasteiger partial charge in [0.15, 0.2) is 0 Å². The molecule has 0 aliphatic carbocycles. The van der Waals surface area contributed by atoms with Gasteiger partial charge in [-0.25, -0.2) is 4.39 Å². The molecule has 6 heteroatoms. The Morgan fingerprint density at radius 3 is 3.14 bits per heavy atom. The number of nitriles is 1. The molecule has 116 valence electrons. The van der Waals surface area contributed by atoms with Crippen molar-refractivity contribution in [3.63, 3.8) is 0 Å². The Kier molecular flexibility index (Phi) is 3.75. The minimum Gasteiger partial charge on any atom is -0.381 e. The number of nitrogens with zero attached hydrogens (tertiary/aromatic N) is 2. The zero-order valence-electron chi connectivity index (χ0n) is 12.4. The van der Waals surface area contributed by atoms with Crippen molar-refractivity contribution in [1.29, 1.82) is 5.26 Å². The van der Waals surface area contributed by atoms with Crippen molar-refractivity contribution in [2.24, 2.45) is 11.3 Å². The van der Waals surface area contributed by atoms with E-state index in [2.05, 4.69) is 5.32 Å². The highest BCUT2D eigenvalue weighted by atomic mass is 19.1. The molecule has 0 spiro atoms. The van der Waals surface area contributed by atoms with E-state index in [9.17, 15) is 14.4 Å². The van der Waals surface area contributed by atoms with E-state index in [0.29, 0.717) is 38.4 Å². The molecular formula is C16H18FN3O2. The standard InChI is InChI=1S/C16H18FN3O2/c1-19-15(21)16-5-6-22-9-11(16)8-20(10-16)14-4-2-3-13(17)12(14)7-18/h2-4,11H,5-6,8-10H2,1H3,(H,19,21)/t11-,16+/m1/s1. The number of hydrogen-bond acceptors (Lipinski definition) is 4. The number of ether oxygens (including phenoxy) is 1. The summed E-state index contributed by atoms with van der Waals surface area (Å²) in [6, 6.07) is 6.54. The smallest absolute Gasteiger partial charge is 0.228 e.